The molecule has 0 unspecified atom stereocenters. The van der Waals surface area contributed by atoms with E-state index in [1.54, 1.807) is 12.4 Å². The average molecular weight is 467 g/mol. The molecule has 0 aliphatic carbocycles. The Labute approximate surface area is 206 Å². The number of fused-ring (bicyclic) bond motifs is 1. The van der Waals surface area contributed by atoms with Crippen LogP contribution in [0.2, 0.25) is 0 Å². The fraction of sp³-hybridized carbons (Fsp3) is 0.276. The minimum Gasteiger partial charge on any atom is -0.381 e. The number of carbonyl (C=O) groups is 1. The van der Waals surface area contributed by atoms with Crippen molar-refractivity contribution in [1.29, 1.82) is 0 Å². The second-order valence-corrected chi connectivity index (χ2v) is 9.15. The van der Waals surface area contributed by atoms with Gasteiger partial charge in [-0.3, -0.25) is 14.8 Å². The van der Waals surface area contributed by atoms with Crippen LogP contribution in [0.25, 0.3) is 10.8 Å². The zero-order valence-electron chi connectivity index (χ0n) is 20.0. The maximum Gasteiger partial charge on any atom is 0.254 e. The third-order valence-corrected chi connectivity index (χ3v) is 6.62. The molecule has 1 atom stereocenters. The summed E-state index contributed by atoms with van der Waals surface area (Å²) in [4.78, 5) is 23.8. The van der Waals surface area contributed by atoms with E-state index in [1.165, 1.54) is 10.9 Å². The molecule has 4 aromatic rings. The largest absolute Gasteiger partial charge is 0.381 e. The Morgan fingerprint density at radius 3 is 2.83 bits per heavy atom. The van der Waals surface area contributed by atoms with Crippen LogP contribution in [0.1, 0.15) is 27.0 Å². The molecule has 0 saturated carbocycles. The van der Waals surface area contributed by atoms with Gasteiger partial charge in [-0.15, -0.1) is 0 Å². The van der Waals surface area contributed by atoms with Gasteiger partial charge < -0.3 is 15.0 Å². The number of ether oxygens (including phenoxy) is 1. The predicted octanol–water partition coefficient (Wildman–Crippen LogP) is 4.88. The number of benzene rings is 2. The standard InChI is InChI=1S/C29H30N4O2/c1-21-5-6-25(16-28(21)32-17-22-7-10-30-11-8-22)29(34)33-13-14-35-20-23(19-33)15-24-3-2-4-26-18-31-12-9-27(24)26/h2-12,16,18,23,32H,13-15,17,19-20H2,1H3/t23-/m1/s1. The molecule has 2 aromatic heterocycles. The van der Waals surface area contributed by atoms with E-state index in [0.29, 0.717) is 38.4 Å². The monoisotopic (exact) mass is 466 g/mol. The Bertz CT molecular complexity index is 1300. The van der Waals surface area contributed by atoms with E-state index in [4.69, 9.17) is 4.74 Å². The quantitative estimate of drug-likeness (QED) is 0.439. The topological polar surface area (TPSA) is 67.4 Å². The molecule has 35 heavy (non-hydrogen) atoms. The summed E-state index contributed by atoms with van der Waals surface area (Å²) in [6.45, 7) is 5.22. The van der Waals surface area contributed by atoms with Crippen LogP contribution in [0.5, 0.6) is 0 Å². The maximum atomic E-state index is 13.5. The van der Waals surface area contributed by atoms with Gasteiger partial charge in [0.15, 0.2) is 0 Å². The zero-order chi connectivity index (χ0) is 24.0. The van der Waals surface area contributed by atoms with Crippen LogP contribution in [0.3, 0.4) is 0 Å². The van der Waals surface area contributed by atoms with E-state index in [-0.39, 0.29) is 11.8 Å². The first kappa shape index (κ1) is 23.0. The lowest BCUT2D eigenvalue weighted by molar-refractivity contribution is 0.0737. The van der Waals surface area contributed by atoms with E-state index in [1.807, 2.05) is 47.6 Å². The molecule has 1 aliphatic heterocycles. The molecule has 0 radical (unpaired) electrons. The number of amides is 1. The number of carbonyl (C=O) groups excluding carboxylic acids is 1. The predicted molar refractivity (Wildman–Crippen MR) is 138 cm³/mol. The maximum absolute atomic E-state index is 13.5. The molecular weight excluding hydrogens is 436 g/mol. The van der Waals surface area contributed by atoms with Crippen LogP contribution in [-0.4, -0.2) is 47.1 Å². The molecular formula is C29H30N4O2. The third-order valence-electron chi connectivity index (χ3n) is 6.62. The normalized spacial score (nSPS) is 16.1. The number of nitrogens with zero attached hydrogens (tertiary/aromatic N) is 3. The van der Waals surface area contributed by atoms with E-state index >= 15 is 0 Å². The first-order valence-corrected chi connectivity index (χ1v) is 12.1. The Hall–Kier alpha value is -3.77. The van der Waals surface area contributed by atoms with Gasteiger partial charge in [-0.2, -0.15) is 0 Å². The fourth-order valence-corrected chi connectivity index (χ4v) is 4.69. The highest BCUT2D eigenvalue weighted by atomic mass is 16.5. The molecule has 1 fully saturated rings. The van der Waals surface area contributed by atoms with Crippen molar-refractivity contribution >= 4 is 22.4 Å². The van der Waals surface area contributed by atoms with Gasteiger partial charge in [-0.05, 0) is 65.8 Å². The number of hydrogen-bond acceptors (Lipinski definition) is 5. The number of anilines is 1. The van der Waals surface area contributed by atoms with Crippen LogP contribution in [-0.2, 0) is 17.7 Å². The summed E-state index contributed by atoms with van der Waals surface area (Å²) in [5.74, 6) is 0.282. The van der Waals surface area contributed by atoms with Crippen LogP contribution < -0.4 is 5.32 Å². The highest BCUT2D eigenvalue weighted by Crippen LogP contribution is 2.24. The van der Waals surface area contributed by atoms with Gasteiger partial charge >= 0.3 is 0 Å². The minimum absolute atomic E-state index is 0.0505. The molecule has 5 rings (SSSR count). The number of hydrogen-bond donors (Lipinski definition) is 1. The van der Waals surface area contributed by atoms with Crippen molar-refractivity contribution in [3.63, 3.8) is 0 Å². The van der Waals surface area contributed by atoms with Crippen molar-refractivity contribution in [2.75, 3.05) is 31.6 Å². The first-order valence-electron chi connectivity index (χ1n) is 12.1. The molecule has 6 nitrogen and oxygen atoms in total. The molecule has 1 N–H and O–H groups in total. The Balaban J connectivity index is 1.30. The number of rotatable bonds is 6. The lowest BCUT2D eigenvalue weighted by Gasteiger charge is -2.24. The summed E-state index contributed by atoms with van der Waals surface area (Å²) < 4.78 is 5.91. The van der Waals surface area contributed by atoms with Crippen molar-refractivity contribution in [3.8, 4) is 0 Å². The zero-order valence-corrected chi connectivity index (χ0v) is 20.0. The Kier molecular flexibility index (Phi) is 7.00. The fourth-order valence-electron chi connectivity index (χ4n) is 4.69. The van der Waals surface area contributed by atoms with Gasteiger partial charge in [0.1, 0.15) is 0 Å². The number of aryl methyl sites for hydroxylation is 1. The van der Waals surface area contributed by atoms with Gasteiger partial charge in [0.2, 0.25) is 0 Å². The first-order chi connectivity index (χ1) is 17.2. The van der Waals surface area contributed by atoms with Crippen molar-refractivity contribution in [2.24, 2.45) is 5.92 Å². The SMILES string of the molecule is Cc1ccc(C(=O)N2CCOC[C@H](Cc3cccc4cnccc34)C2)cc1NCc1ccncc1. The van der Waals surface area contributed by atoms with Gasteiger partial charge in [0, 0.05) is 67.0 Å². The van der Waals surface area contributed by atoms with Gasteiger partial charge in [0.05, 0.1) is 13.2 Å². The van der Waals surface area contributed by atoms with Crippen LogP contribution in [0.4, 0.5) is 5.69 Å². The summed E-state index contributed by atoms with van der Waals surface area (Å²) in [5, 5.41) is 5.82. The van der Waals surface area contributed by atoms with E-state index < -0.39 is 0 Å². The molecule has 3 heterocycles. The molecule has 178 valence electrons. The molecule has 0 spiro atoms. The second-order valence-electron chi connectivity index (χ2n) is 9.15. The molecule has 1 amide bonds. The Morgan fingerprint density at radius 1 is 1.09 bits per heavy atom. The smallest absolute Gasteiger partial charge is 0.254 e. The summed E-state index contributed by atoms with van der Waals surface area (Å²) in [5.41, 5.74) is 5.20. The van der Waals surface area contributed by atoms with Crippen molar-refractivity contribution in [3.05, 3.63) is 102 Å². The van der Waals surface area contributed by atoms with E-state index in [9.17, 15) is 4.79 Å². The van der Waals surface area contributed by atoms with Crippen LogP contribution in [0, 0.1) is 12.8 Å². The Morgan fingerprint density at radius 2 is 1.94 bits per heavy atom. The van der Waals surface area contributed by atoms with Crippen LogP contribution >= 0.6 is 0 Å². The average Bonchev–Trinajstić information content (AvgIpc) is 3.14. The highest BCUT2D eigenvalue weighted by Gasteiger charge is 2.24. The summed E-state index contributed by atoms with van der Waals surface area (Å²) in [6, 6.07) is 18.3. The number of pyridine rings is 2. The molecule has 2 aromatic carbocycles. The van der Waals surface area contributed by atoms with Crippen molar-refractivity contribution in [2.45, 2.75) is 19.9 Å². The van der Waals surface area contributed by atoms with Gasteiger partial charge in [-0.1, -0.05) is 24.3 Å². The van der Waals surface area contributed by atoms with E-state index in [0.717, 1.165) is 28.6 Å². The summed E-state index contributed by atoms with van der Waals surface area (Å²) in [7, 11) is 0. The van der Waals surface area contributed by atoms with Gasteiger partial charge in [0.25, 0.3) is 5.91 Å². The summed E-state index contributed by atoms with van der Waals surface area (Å²) >= 11 is 0. The molecule has 0 bridgehead atoms. The van der Waals surface area contributed by atoms with E-state index in [2.05, 4.69) is 46.5 Å². The highest BCUT2D eigenvalue weighted by molar-refractivity contribution is 5.95. The van der Waals surface area contributed by atoms with Crippen molar-refractivity contribution < 1.29 is 9.53 Å². The summed E-state index contributed by atoms with van der Waals surface area (Å²) in [6.07, 6.45) is 8.17. The molecule has 1 saturated heterocycles. The number of aromatic nitrogens is 2. The molecule has 1 aliphatic rings. The van der Waals surface area contributed by atoms with Crippen molar-refractivity contribution in [1.82, 2.24) is 14.9 Å². The lowest BCUT2D eigenvalue weighted by Crippen LogP contribution is -2.36. The van der Waals surface area contributed by atoms with Crippen LogP contribution in [0.15, 0.2) is 79.4 Å². The number of nitrogens with one attached hydrogen (secondary N) is 1. The third kappa shape index (κ3) is 5.49. The minimum atomic E-state index is 0.0505. The molecule has 6 heteroatoms. The lowest BCUT2D eigenvalue weighted by atomic mass is 9.95. The van der Waals surface area contributed by atoms with Gasteiger partial charge in [-0.25, -0.2) is 0 Å². The second kappa shape index (κ2) is 10.7.